The Kier molecular flexibility index (Phi) is 6.15. The Morgan fingerprint density at radius 1 is 1.12 bits per heavy atom. The normalized spacial score (nSPS) is 15.9. The summed E-state index contributed by atoms with van der Waals surface area (Å²) in [4.78, 5) is 26.9. The number of nitrogen functional groups attached to an aromatic ring is 1. The van der Waals surface area contributed by atoms with E-state index in [1.54, 1.807) is 30.5 Å². The quantitative estimate of drug-likeness (QED) is 0.287. The van der Waals surface area contributed by atoms with Gasteiger partial charge in [-0.15, -0.1) is 0 Å². The van der Waals surface area contributed by atoms with E-state index in [4.69, 9.17) is 5.73 Å². The van der Waals surface area contributed by atoms with Crippen LogP contribution in [-0.2, 0) is 13.0 Å². The molecule has 0 radical (unpaired) electrons. The van der Waals surface area contributed by atoms with Crippen LogP contribution >= 0.6 is 0 Å². The predicted octanol–water partition coefficient (Wildman–Crippen LogP) is 4.69. The van der Waals surface area contributed by atoms with Crippen molar-refractivity contribution in [1.29, 1.82) is 0 Å². The predicted molar refractivity (Wildman–Crippen MR) is 153 cm³/mol. The third-order valence-electron chi connectivity index (χ3n) is 8.28. The summed E-state index contributed by atoms with van der Waals surface area (Å²) >= 11 is 0. The Morgan fingerprint density at radius 2 is 1.95 bits per heavy atom. The molecule has 41 heavy (non-hydrogen) atoms. The minimum absolute atomic E-state index is 0.0226. The van der Waals surface area contributed by atoms with Gasteiger partial charge in [0.15, 0.2) is 5.82 Å². The molecule has 1 unspecified atom stereocenters. The van der Waals surface area contributed by atoms with Crippen LogP contribution < -0.4 is 11.3 Å². The number of aromatic nitrogens is 6. The maximum atomic E-state index is 15.2. The molecule has 0 amide bonds. The van der Waals surface area contributed by atoms with E-state index in [2.05, 4.69) is 27.0 Å². The van der Waals surface area contributed by atoms with Gasteiger partial charge in [-0.05, 0) is 79.2 Å². The van der Waals surface area contributed by atoms with E-state index in [-0.39, 0.29) is 17.2 Å². The molecule has 2 aliphatic rings. The first-order valence-electron chi connectivity index (χ1n) is 14.0. The number of nitrogens with zero attached hydrogens (tertiary/aromatic N) is 6. The van der Waals surface area contributed by atoms with Crippen LogP contribution in [0.4, 0.5) is 10.3 Å². The molecule has 0 aliphatic heterocycles. The molecular weight excluding hydrogens is 521 g/mol. The summed E-state index contributed by atoms with van der Waals surface area (Å²) in [6.07, 6.45) is 10.4. The highest BCUT2D eigenvalue weighted by Crippen LogP contribution is 2.41. The highest BCUT2D eigenvalue weighted by molar-refractivity contribution is 5.83. The molecule has 2 fully saturated rings. The van der Waals surface area contributed by atoms with Gasteiger partial charge >= 0.3 is 0 Å². The highest BCUT2D eigenvalue weighted by Gasteiger charge is 2.29. The summed E-state index contributed by atoms with van der Waals surface area (Å²) < 4.78 is 18.5. The van der Waals surface area contributed by atoms with E-state index in [9.17, 15) is 9.90 Å². The number of anilines is 1. The lowest BCUT2D eigenvalue weighted by Gasteiger charge is -2.16. The molecule has 7 rings (SSSR count). The molecule has 3 heterocycles. The lowest BCUT2D eigenvalue weighted by Crippen LogP contribution is -2.20. The molecule has 3 aromatic heterocycles. The first-order valence-corrected chi connectivity index (χ1v) is 14.0. The third-order valence-corrected chi connectivity index (χ3v) is 8.28. The van der Waals surface area contributed by atoms with Crippen LogP contribution in [0.1, 0.15) is 67.1 Å². The second-order valence-corrected chi connectivity index (χ2v) is 11.2. The van der Waals surface area contributed by atoms with Crippen LogP contribution in [0.2, 0.25) is 0 Å². The largest absolute Gasteiger partial charge is 0.392 e. The molecule has 2 aliphatic carbocycles. The zero-order chi connectivity index (χ0) is 28.2. The summed E-state index contributed by atoms with van der Waals surface area (Å²) in [6.45, 7) is 1.78. The van der Waals surface area contributed by atoms with Gasteiger partial charge in [0.2, 0.25) is 5.95 Å². The number of nitrogens with two attached hydrogens (primary N) is 1. The van der Waals surface area contributed by atoms with E-state index in [1.807, 2.05) is 23.1 Å². The zero-order valence-electron chi connectivity index (χ0n) is 22.7. The topological polar surface area (TPSA) is 125 Å². The molecule has 3 N–H and O–H groups in total. The number of aliphatic hydroxyl groups excluding tert-OH is 1. The van der Waals surface area contributed by atoms with Crippen molar-refractivity contribution in [2.45, 2.75) is 57.6 Å². The molecule has 0 saturated heterocycles. The standard InChI is InChI=1S/C31H30FN7O2/c1-17(19-5-6-19)39-15-18(14-34-39)11-27-35-29(37-31(33)36-27)23-3-2-4-26(24(23)16-40)38-10-9-21-12-22(20-7-8-20)13-25(32)28(21)30(38)41/h2-4,9-10,12-15,17,19-20,40H,5-8,11,16H2,1H3,(H2,33,35,36,37). The number of rotatable bonds is 8. The van der Waals surface area contributed by atoms with Gasteiger partial charge in [-0.1, -0.05) is 18.2 Å². The Hall–Kier alpha value is -4.44. The van der Waals surface area contributed by atoms with Crippen molar-refractivity contribution in [3.8, 4) is 17.1 Å². The Labute approximate surface area is 235 Å². The minimum Gasteiger partial charge on any atom is -0.392 e. The van der Waals surface area contributed by atoms with E-state index < -0.39 is 18.0 Å². The second-order valence-electron chi connectivity index (χ2n) is 11.2. The van der Waals surface area contributed by atoms with Crippen molar-refractivity contribution >= 4 is 16.7 Å². The number of pyridine rings is 1. The van der Waals surface area contributed by atoms with Crippen molar-refractivity contribution in [2.24, 2.45) is 5.92 Å². The van der Waals surface area contributed by atoms with E-state index >= 15 is 4.39 Å². The summed E-state index contributed by atoms with van der Waals surface area (Å²) in [6, 6.07) is 10.7. The average molecular weight is 552 g/mol. The maximum absolute atomic E-state index is 15.2. The van der Waals surface area contributed by atoms with E-state index in [1.165, 1.54) is 23.5 Å². The molecule has 5 aromatic rings. The zero-order valence-corrected chi connectivity index (χ0v) is 22.7. The fourth-order valence-electron chi connectivity index (χ4n) is 5.67. The Morgan fingerprint density at radius 3 is 2.71 bits per heavy atom. The fourth-order valence-corrected chi connectivity index (χ4v) is 5.67. The highest BCUT2D eigenvalue weighted by atomic mass is 19.1. The number of halogens is 1. The van der Waals surface area contributed by atoms with Gasteiger partial charge in [0.1, 0.15) is 11.6 Å². The molecule has 0 spiro atoms. The van der Waals surface area contributed by atoms with Gasteiger partial charge in [0.25, 0.3) is 5.56 Å². The monoisotopic (exact) mass is 551 g/mol. The maximum Gasteiger partial charge on any atom is 0.265 e. The molecule has 2 saturated carbocycles. The van der Waals surface area contributed by atoms with Crippen molar-refractivity contribution in [3.05, 3.63) is 93.7 Å². The van der Waals surface area contributed by atoms with Crippen LogP contribution in [0.3, 0.4) is 0 Å². The summed E-state index contributed by atoms with van der Waals surface area (Å²) in [7, 11) is 0. The van der Waals surface area contributed by atoms with E-state index in [0.29, 0.717) is 52.3 Å². The molecule has 1 atom stereocenters. The van der Waals surface area contributed by atoms with Gasteiger partial charge in [-0.2, -0.15) is 15.1 Å². The number of hydrogen-bond donors (Lipinski definition) is 2. The number of benzene rings is 2. The van der Waals surface area contributed by atoms with Gasteiger partial charge in [-0.3, -0.25) is 14.0 Å². The van der Waals surface area contributed by atoms with Crippen molar-refractivity contribution < 1.29 is 9.50 Å². The number of fused-ring (bicyclic) bond motifs is 1. The van der Waals surface area contributed by atoms with Crippen molar-refractivity contribution in [3.63, 3.8) is 0 Å². The molecule has 2 aromatic carbocycles. The SMILES string of the molecule is CC(C1CC1)n1cc(Cc2nc(N)nc(-c3cccc(-n4ccc5cc(C6CC6)cc(F)c5c4=O)c3CO)n2)cn1. The van der Waals surface area contributed by atoms with Crippen molar-refractivity contribution in [1.82, 2.24) is 29.3 Å². The summed E-state index contributed by atoms with van der Waals surface area (Å²) in [5.74, 6) is 1.32. The third kappa shape index (κ3) is 4.78. The Bertz CT molecular complexity index is 1860. The molecular formula is C31H30FN7O2. The Balaban J connectivity index is 1.26. The van der Waals surface area contributed by atoms with Crippen LogP contribution in [0.5, 0.6) is 0 Å². The summed E-state index contributed by atoms with van der Waals surface area (Å²) in [5.41, 5.74) is 8.83. The lowest BCUT2D eigenvalue weighted by molar-refractivity contribution is 0.282. The molecule has 10 heteroatoms. The first kappa shape index (κ1) is 25.5. The number of hydrogen-bond acceptors (Lipinski definition) is 7. The lowest BCUT2D eigenvalue weighted by atomic mass is 10.0. The van der Waals surface area contributed by atoms with Gasteiger partial charge in [0.05, 0.1) is 29.9 Å². The number of aliphatic hydroxyl groups is 1. The van der Waals surface area contributed by atoms with Gasteiger partial charge in [-0.25, -0.2) is 9.37 Å². The average Bonchev–Trinajstić information content (AvgIpc) is 3.90. The van der Waals surface area contributed by atoms with Crippen molar-refractivity contribution in [2.75, 3.05) is 5.73 Å². The van der Waals surface area contributed by atoms with Crippen LogP contribution in [0, 0.1) is 11.7 Å². The first-order chi connectivity index (χ1) is 19.9. The van der Waals surface area contributed by atoms with E-state index in [0.717, 1.165) is 24.0 Å². The smallest absolute Gasteiger partial charge is 0.265 e. The van der Waals surface area contributed by atoms with Crippen LogP contribution in [0.15, 0.2) is 59.8 Å². The van der Waals surface area contributed by atoms with Gasteiger partial charge < -0.3 is 10.8 Å². The summed E-state index contributed by atoms with van der Waals surface area (Å²) in [5, 5.41) is 15.6. The molecule has 208 valence electrons. The fraction of sp³-hybridized carbons (Fsp3) is 0.323. The van der Waals surface area contributed by atoms with Gasteiger partial charge in [0, 0.05) is 29.9 Å². The second kappa shape index (κ2) is 9.88. The van der Waals surface area contributed by atoms with Crippen LogP contribution in [0.25, 0.3) is 27.8 Å². The molecule has 0 bridgehead atoms. The minimum atomic E-state index is -0.532. The van der Waals surface area contributed by atoms with Crippen LogP contribution in [-0.4, -0.2) is 34.4 Å². The molecule has 9 nitrogen and oxygen atoms in total.